The molecule has 9 N–H and O–H groups in total. The molecule has 13 nitrogen and oxygen atoms in total. The number of rotatable bonds is 11. The predicted octanol–water partition coefficient (Wildman–Crippen LogP) is -0.944. The number of carbonyl (C=O) groups is 2. The molecule has 0 spiro atoms. The molecule has 3 rings (SSSR count). The van der Waals surface area contributed by atoms with Crippen LogP contribution in [0.25, 0.3) is 0 Å². The Morgan fingerprint density at radius 1 is 1.24 bits per heavy atom. The van der Waals surface area contributed by atoms with Gasteiger partial charge in [0.25, 0.3) is 5.91 Å². The van der Waals surface area contributed by atoms with Crippen LogP contribution >= 0.6 is 0 Å². The molecule has 0 bridgehead atoms. The molecule has 0 saturated carbocycles. The Balaban J connectivity index is 1.67. The number of hydrogen-bond acceptors (Lipinski definition) is 8. The van der Waals surface area contributed by atoms with Crippen molar-refractivity contribution in [2.75, 3.05) is 25.9 Å². The Morgan fingerprint density at radius 3 is 2.66 bits per heavy atom. The highest BCUT2D eigenvalue weighted by Gasteiger charge is 2.35. The molecule has 1 aromatic carbocycles. The lowest BCUT2D eigenvalue weighted by molar-refractivity contribution is -0.142. The maximum absolute atomic E-state index is 13.2. The number of hydrogen-bond donors (Lipinski definition) is 6. The largest absolute Gasteiger partial charge is 0.383 e. The molecule has 13 heteroatoms. The highest BCUT2D eigenvalue weighted by atomic mass is 16.5. The number of aromatic nitrogens is 2. The fraction of sp³-hybridized carbons (Fsp3) is 0.400. The summed E-state index contributed by atoms with van der Waals surface area (Å²) in [6, 6.07) is 9.86. The van der Waals surface area contributed by atoms with E-state index in [4.69, 9.17) is 27.3 Å². The highest BCUT2D eigenvalue weighted by molar-refractivity contribution is 5.84. The van der Waals surface area contributed by atoms with Gasteiger partial charge in [0.2, 0.25) is 5.91 Å². The van der Waals surface area contributed by atoms with E-state index in [1.807, 2.05) is 30.3 Å². The van der Waals surface area contributed by atoms with Crippen molar-refractivity contribution in [2.24, 2.45) is 11.5 Å². The van der Waals surface area contributed by atoms with E-state index in [2.05, 4.69) is 15.6 Å². The molecule has 2 aromatic rings. The van der Waals surface area contributed by atoms with Gasteiger partial charge in [-0.05, 0) is 30.5 Å². The lowest BCUT2D eigenvalue weighted by Gasteiger charge is -2.32. The number of anilines is 1. The highest BCUT2D eigenvalue weighted by Crippen LogP contribution is 2.21. The van der Waals surface area contributed by atoms with Gasteiger partial charge >= 0.3 is 5.69 Å². The first-order valence-corrected chi connectivity index (χ1v) is 12.2. The van der Waals surface area contributed by atoms with Gasteiger partial charge in [0.05, 0.1) is 6.04 Å². The van der Waals surface area contributed by atoms with Gasteiger partial charge in [-0.25, -0.2) is 4.79 Å². The van der Waals surface area contributed by atoms with E-state index in [1.165, 1.54) is 21.7 Å². The van der Waals surface area contributed by atoms with Crippen molar-refractivity contribution in [2.45, 2.75) is 43.7 Å². The molecule has 1 aromatic heterocycles. The van der Waals surface area contributed by atoms with Crippen molar-refractivity contribution in [3.63, 3.8) is 0 Å². The van der Waals surface area contributed by atoms with Crippen LogP contribution in [0.15, 0.2) is 59.5 Å². The van der Waals surface area contributed by atoms with Crippen LogP contribution in [0.5, 0.6) is 0 Å². The van der Waals surface area contributed by atoms with E-state index < -0.39 is 36.0 Å². The summed E-state index contributed by atoms with van der Waals surface area (Å²) in [4.78, 5) is 43.5. The lowest BCUT2D eigenvalue weighted by atomic mass is 10.0. The predicted molar refractivity (Wildman–Crippen MR) is 143 cm³/mol. The number of benzene rings is 1. The minimum atomic E-state index is -1.12. The maximum atomic E-state index is 13.2. The number of carbonyl (C=O) groups excluding carboxylic acids is 2. The van der Waals surface area contributed by atoms with Crippen molar-refractivity contribution < 1.29 is 14.3 Å². The smallest absolute Gasteiger partial charge is 0.351 e. The molecule has 4 atom stereocenters. The van der Waals surface area contributed by atoms with Crippen LogP contribution in [0.4, 0.5) is 5.82 Å². The average molecular weight is 526 g/mol. The van der Waals surface area contributed by atoms with Crippen LogP contribution < -0.4 is 33.5 Å². The minimum absolute atomic E-state index is 0.00317. The summed E-state index contributed by atoms with van der Waals surface area (Å²) in [6.07, 6.45) is 3.64. The minimum Gasteiger partial charge on any atom is -0.383 e. The monoisotopic (exact) mass is 525 g/mol. The molecule has 38 heavy (non-hydrogen) atoms. The van der Waals surface area contributed by atoms with Gasteiger partial charge in [0.1, 0.15) is 5.82 Å². The zero-order valence-electron chi connectivity index (χ0n) is 21.2. The zero-order valence-corrected chi connectivity index (χ0v) is 21.2. The average Bonchev–Trinajstić information content (AvgIpc) is 2.88. The van der Waals surface area contributed by atoms with E-state index in [-0.39, 0.29) is 24.1 Å². The maximum Gasteiger partial charge on any atom is 0.351 e. The molecule has 0 saturated heterocycles. The third-order valence-corrected chi connectivity index (χ3v) is 6.06. The van der Waals surface area contributed by atoms with Crippen LogP contribution in [-0.2, 0) is 20.7 Å². The van der Waals surface area contributed by atoms with E-state index in [1.54, 1.807) is 19.2 Å². The molecule has 2 heterocycles. The number of guanidine groups is 1. The topological polar surface area (TPSA) is 207 Å². The Hall–Kier alpha value is -4.23. The Kier molecular flexibility index (Phi) is 9.96. The standard InChI is InChI=1S/C25H35N9O4/c1-33(24(28)29)13-10-17(26)15-20(35)31-18-7-8-21(34-14-11-19(27)32-25(34)37)38-22(18)23(36)30-12-9-16-5-3-2-4-6-16/h2-8,11,14,17-18,21-22H,9-10,12-13,15,26H2,1H3,(H3,28,29)(H,30,36)(H,31,35)(H2,27,32,37)/t17-,18-,21+,22-/m0/s1. The van der Waals surface area contributed by atoms with Crippen LogP contribution in [0.1, 0.15) is 24.6 Å². The molecule has 0 unspecified atom stereocenters. The fourth-order valence-corrected chi connectivity index (χ4v) is 3.86. The van der Waals surface area contributed by atoms with Crippen molar-refractivity contribution >= 4 is 23.6 Å². The molecule has 0 aliphatic carbocycles. The summed E-state index contributed by atoms with van der Waals surface area (Å²) in [6.45, 7) is 0.782. The molecular weight excluding hydrogens is 490 g/mol. The number of nitrogens with one attached hydrogen (secondary N) is 3. The van der Waals surface area contributed by atoms with Gasteiger partial charge in [0, 0.05) is 38.8 Å². The summed E-state index contributed by atoms with van der Waals surface area (Å²) in [5.74, 6) is -0.827. The number of ether oxygens (including phenoxy) is 1. The van der Waals surface area contributed by atoms with Crippen molar-refractivity contribution in [3.05, 3.63) is 70.8 Å². The SMILES string of the molecule is CN(CC[C@H](N)CC(=O)N[C@H]1C=C[C@H](n2ccc(N)nc2=O)O[C@@H]1C(=O)NCCc1ccccc1)C(=N)N. The number of nitrogens with two attached hydrogens (primary N) is 3. The molecule has 2 amide bonds. The van der Waals surface area contributed by atoms with Crippen LogP contribution in [0.3, 0.4) is 0 Å². The van der Waals surface area contributed by atoms with E-state index in [0.29, 0.717) is 25.9 Å². The first-order chi connectivity index (χ1) is 18.1. The molecular formula is C25H35N9O4. The van der Waals surface area contributed by atoms with Gasteiger partial charge in [-0.3, -0.25) is 19.6 Å². The summed E-state index contributed by atoms with van der Waals surface area (Å²) >= 11 is 0. The first-order valence-electron chi connectivity index (χ1n) is 12.2. The Labute approximate surface area is 220 Å². The summed E-state index contributed by atoms with van der Waals surface area (Å²) < 4.78 is 7.18. The second kappa shape index (κ2) is 13.4. The van der Waals surface area contributed by atoms with Gasteiger partial charge in [-0.1, -0.05) is 36.4 Å². The van der Waals surface area contributed by atoms with Gasteiger partial charge in [-0.2, -0.15) is 4.98 Å². The summed E-state index contributed by atoms with van der Waals surface area (Å²) in [7, 11) is 1.67. The number of nitrogen functional groups attached to an aromatic ring is 1. The van der Waals surface area contributed by atoms with Crippen LogP contribution in [0.2, 0.25) is 0 Å². The molecule has 0 fully saturated rings. The number of nitrogens with zero attached hydrogens (tertiary/aromatic N) is 3. The fourth-order valence-electron chi connectivity index (χ4n) is 3.86. The first kappa shape index (κ1) is 28.3. The van der Waals surface area contributed by atoms with Crippen molar-refractivity contribution in [3.8, 4) is 0 Å². The van der Waals surface area contributed by atoms with Gasteiger partial charge in [-0.15, -0.1) is 0 Å². The Bertz CT molecular complexity index is 1200. The molecule has 1 aliphatic heterocycles. The van der Waals surface area contributed by atoms with Crippen molar-refractivity contribution in [1.82, 2.24) is 25.1 Å². The van der Waals surface area contributed by atoms with E-state index >= 15 is 0 Å². The summed E-state index contributed by atoms with van der Waals surface area (Å²) in [5, 5.41) is 13.1. The third kappa shape index (κ3) is 8.15. The zero-order chi connectivity index (χ0) is 27.7. The lowest BCUT2D eigenvalue weighted by Crippen LogP contribution is -2.54. The normalized spacial score (nSPS) is 19.4. The quantitative estimate of drug-likeness (QED) is 0.121. The second-order valence-corrected chi connectivity index (χ2v) is 9.05. The second-order valence-electron chi connectivity index (χ2n) is 9.05. The van der Waals surface area contributed by atoms with E-state index in [9.17, 15) is 14.4 Å². The summed E-state index contributed by atoms with van der Waals surface area (Å²) in [5.41, 5.74) is 17.5. The van der Waals surface area contributed by atoms with E-state index in [0.717, 1.165) is 5.56 Å². The Morgan fingerprint density at radius 2 is 1.97 bits per heavy atom. The molecule has 1 aliphatic rings. The van der Waals surface area contributed by atoms with Gasteiger partial charge < -0.3 is 37.5 Å². The third-order valence-electron chi connectivity index (χ3n) is 6.06. The number of amides is 2. The molecule has 0 radical (unpaired) electrons. The van der Waals surface area contributed by atoms with Crippen molar-refractivity contribution in [1.29, 1.82) is 5.41 Å². The van der Waals surface area contributed by atoms with Crippen LogP contribution in [-0.4, -0.2) is 70.5 Å². The molecule has 204 valence electrons. The van der Waals surface area contributed by atoms with Crippen LogP contribution in [0, 0.1) is 5.41 Å². The van der Waals surface area contributed by atoms with Gasteiger partial charge in [0.15, 0.2) is 18.3 Å².